The lowest BCUT2D eigenvalue weighted by Gasteiger charge is -2.18. The highest BCUT2D eigenvalue weighted by atomic mass is 16.2. The van der Waals surface area contributed by atoms with Crippen LogP contribution in [0.15, 0.2) is 48.8 Å². The fourth-order valence-electron chi connectivity index (χ4n) is 3.91. The highest BCUT2D eigenvalue weighted by molar-refractivity contribution is 5.87. The Morgan fingerprint density at radius 1 is 0.781 bits per heavy atom. The van der Waals surface area contributed by atoms with E-state index in [1.807, 2.05) is 71.4 Å². The quantitative estimate of drug-likeness (QED) is 0.470. The van der Waals surface area contributed by atoms with Gasteiger partial charge in [0.25, 0.3) is 0 Å². The van der Waals surface area contributed by atoms with Gasteiger partial charge < -0.3 is 19.4 Å². The lowest BCUT2D eigenvalue weighted by Crippen LogP contribution is -2.39. The monoisotopic (exact) mass is 432 g/mol. The normalized spacial score (nSPS) is 13.2. The summed E-state index contributed by atoms with van der Waals surface area (Å²) in [6, 6.07) is 11.7. The van der Waals surface area contributed by atoms with Crippen molar-refractivity contribution in [3.05, 3.63) is 71.8 Å². The van der Waals surface area contributed by atoms with Gasteiger partial charge in [-0.25, -0.2) is 9.97 Å². The van der Waals surface area contributed by atoms with E-state index in [9.17, 15) is 9.59 Å². The Balaban J connectivity index is 1.35. The molecule has 4 aromatic rings. The van der Waals surface area contributed by atoms with E-state index in [2.05, 4.69) is 20.6 Å². The van der Waals surface area contributed by atoms with Crippen LogP contribution >= 0.6 is 0 Å². The molecule has 4 heterocycles. The number of nitrogens with zero attached hydrogens (tertiary/aromatic N) is 4. The summed E-state index contributed by atoms with van der Waals surface area (Å²) in [6.45, 7) is 8.03. The molecule has 0 radical (unpaired) electrons. The molecule has 8 heteroatoms. The predicted molar refractivity (Wildman–Crippen MR) is 122 cm³/mol. The standard InChI is InChI=1S/C24H28N6O2/c1-15(23(31)25-13-19-21-9-5-7-11-29(21)17(3)27-19)16(2)24(32)26-14-20-22-10-6-8-12-30(22)18(4)28-20/h5-12,15-16H,13-14H2,1-4H3,(H,25,31)(H,26,32). The maximum atomic E-state index is 12.7. The molecule has 0 saturated carbocycles. The fourth-order valence-corrected chi connectivity index (χ4v) is 3.91. The Bertz CT molecular complexity index is 1190. The van der Waals surface area contributed by atoms with Crippen LogP contribution in [0.25, 0.3) is 11.0 Å². The SMILES string of the molecule is Cc1nc(CNC(=O)C(C)C(C)C(=O)NCc2nc(C)n3ccccc23)c2ccccn12. The van der Waals surface area contributed by atoms with E-state index in [0.29, 0.717) is 13.1 Å². The van der Waals surface area contributed by atoms with Gasteiger partial charge in [-0.3, -0.25) is 9.59 Å². The first-order valence-electron chi connectivity index (χ1n) is 10.8. The van der Waals surface area contributed by atoms with Gasteiger partial charge in [-0.05, 0) is 38.1 Å². The molecule has 2 atom stereocenters. The summed E-state index contributed by atoms with van der Waals surface area (Å²) < 4.78 is 3.98. The second-order valence-electron chi connectivity index (χ2n) is 8.14. The molecule has 2 unspecified atom stereocenters. The van der Waals surface area contributed by atoms with E-state index in [1.54, 1.807) is 13.8 Å². The van der Waals surface area contributed by atoms with Crippen molar-refractivity contribution in [2.24, 2.45) is 11.8 Å². The van der Waals surface area contributed by atoms with Crippen LogP contribution in [-0.2, 0) is 22.7 Å². The summed E-state index contributed by atoms with van der Waals surface area (Å²) >= 11 is 0. The summed E-state index contributed by atoms with van der Waals surface area (Å²) in [5.41, 5.74) is 3.54. The van der Waals surface area contributed by atoms with Crippen LogP contribution in [0.2, 0.25) is 0 Å². The van der Waals surface area contributed by atoms with Crippen LogP contribution in [0.3, 0.4) is 0 Å². The Morgan fingerprint density at radius 2 is 1.19 bits per heavy atom. The van der Waals surface area contributed by atoms with Crippen LogP contribution < -0.4 is 10.6 Å². The Morgan fingerprint density at radius 3 is 1.59 bits per heavy atom. The number of fused-ring (bicyclic) bond motifs is 2. The number of amides is 2. The molecule has 0 bridgehead atoms. The Labute approximate surface area is 186 Å². The van der Waals surface area contributed by atoms with Crippen LogP contribution in [0.4, 0.5) is 0 Å². The molecule has 0 saturated heterocycles. The van der Waals surface area contributed by atoms with Crippen LogP contribution in [0.1, 0.15) is 36.9 Å². The largest absolute Gasteiger partial charge is 0.350 e. The zero-order chi connectivity index (χ0) is 22.8. The number of rotatable bonds is 7. The Kier molecular flexibility index (Phi) is 5.94. The van der Waals surface area contributed by atoms with Crippen LogP contribution in [0.5, 0.6) is 0 Å². The van der Waals surface area contributed by atoms with Gasteiger partial charge in [0.05, 0.1) is 35.5 Å². The highest BCUT2D eigenvalue weighted by Crippen LogP contribution is 2.16. The second-order valence-corrected chi connectivity index (χ2v) is 8.14. The maximum Gasteiger partial charge on any atom is 0.223 e. The van der Waals surface area contributed by atoms with Crippen molar-refractivity contribution >= 4 is 22.8 Å². The van der Waals surface area contributed by atoms with E-state index in [4.69, 9.17) is 0 Å². The molecule has 4 aromatic heterocycles. The average molecular weight is 433 g/mol. The first kappa shape index (κ1) is 21.5. The molecule has 166 valence electrons. The van der Waals surface area contributed by atoms with E-state index < -0.39 is 11.8 Å². The van der Waals surface area contributed by atoms with Gasteiger partial charge in [-0.2, -0.15) is 0 Å². The van der Waals surface area contributed by atoms with Gasteiger partial charge in [0, 0.05) is 24.2 Å². The number of hydrogen-bond donors (Lipinski definition) is 2. The smallest absolute Gasteiger partial charge is 0.223 e. The maximum absolute atomic E-state index is 12.7. The first-order valence-corrected chi connectivity index (χ1v) is 10.8. The molecule has 0 aliphatic rings. The number of pyridine rings is 2. The minimum atomic E-state index is -0.481. The van der Waals surface area contributed by atoms with E-state index >= 15 is 0 Å². The summed E-state index contributed by atoms with van der Waals surface area (Å²) in [7, 11) is 0. The number of imidazole rings is 2. The summed E-state index contributed by atoms with van der Waals surface area (Å²) in [5.74, 6) is 0.424. The van der Waals surface area contributed by atoms with Gasteiger partial charge in [0.2, 0.25) is 11.8 Å². The third-order valence-corrected chi connectivity index (χ3v) is 6.04. The van der Waals surface area contributed by atoms with Crippen molar-refractivity contribution in [3.63, 3.8) is 0 Å². The molecule has 2 amide bonds. The molecule has 0 aliphatic heterocycles. The number of nitrogens with one attached hydrogen (secondary N) is 2. The number of carbonyl (C=O) groups is 2. The minimum Gasteiger partial charge on any atom is -0.350 e. The van der Waals surface area contributed by atoms with Crippen molar-refractivity contribution in [2.45, 2.75) is 40.8 Å². The van der Waals surface area contributed by atoms with Crippen molar-refractivity contribution in [2.75, 3.05) is 0 Å². The van der Waals surface area contributed by atoms with Crippen LogP contribution in [-0.4, -0.2) is 30.6 Å². The topological polar surface area (TPSA) is 92.8 Å². The lowest BCUT2D eigenvalue weighted by atomic mass is 9.94. The molecule has 0 aromatic carbocycles. The van der Waals surface area contributed by atoms with Crippen molar-refractivity contribution in [1.29, 1.82) is 0 Å². The predicted octanol–water partition coefficient (Wildman–Crippen LogP) is 2.80. The summed E-state index contributed by atoms with van der Waals surface area (Å²) in [4.78, 5) is 34.5. The zero-order valence-electron chi connectivity index (χ0n) is 18.8. The van der Waals surface area contributed by atoms with Crippen LogP contribution in [0, 0.1) is 25.7 Å². The lowest BCUT2D eigenvalue weighted by molar-refractivity contribution is -0.133. The van der Waals surface area contributed by atoms with Crippen molar-refractivity contribution in [1.82, 2.24) is 29.4 Å². The molecule has 0 aliphatic carbocycles. The van der Waals surface area contributed by atoms with E-state index in [-0.39, 0.29) is 11.8 Å². The molecule has 32 heavy (non-hydrogen) atoms. The van der Waals surface area contributed by atoms with E-state index in [0.717, 1.165) is 34.1 Å². The summed E-state index contributed by atoms with van der Waals surface area (Å²) in [6.07, 6.45) is 3.89. The van der Waals surface area contributed by atoms with Gasteiger partial charge in [-0.15, -0.1) is 0 Å². The first-order chi connectivity index (χ1) is 15.4. The van der Waals surface area contributed by atoms with E-state index in [1.165, 1.54) is 0 Å². The second kappa shape index (κ2) is 8.82. The third kappa shape index (κ3) is 4.08. The van der Waals surface area contributed by atoms with Gasteiger partial charge >= 0.3 is 0 Å². The number of aromatic nitrogens is 4. The molecule has 2 N–H and O–H groups in total. The van der Waals surface area contributed by atoms with Gasteiger partial charge in [0.1, 0.15) is 11.6 Å². The number of hydrogen-bond acceptors (Lipinski definition) is 4. The molecule has 0 fully saturated rings. The number of carbonyl (C=O) groups excluding carboxylic acids is 2. The van der Waals surface area contributed by atoms with Gasteiger partial charge in [0.15, 0.2) is 0 Å². The average Bonchev–Trinajstić information content (AvgIpc) is 3.31. The Hall–Kier alpha value is -3.68. The third-order valence-electron chi connectivity index (χ3n) is 6.04. The molecular formula is C24H28N6O2. The summed E-state index contributed by atoms with van der Waals surface area (Å²) in [5, 5.41) is 5.86. The molecular weight excluding hydrogens is 404 g/mol. The highest BCUT2D eigenvalue weighted by Gasteiger charge is 2.26. The van der Waals surface area contributed by atoms with Crippen molar-refractivity contribution < 1.29 is 9.59 Å². The molecule has 4 rings (SSSR count). The van der Waals surface area contributed by atoms with Crippen molar-refractivity contribution in [3.8, 4) is 0 Å². The minimum absolute atomic E-state index is 0.175. The fraction of sp³-hybridized carbons (Fsp3) is 0.333. The van der Waals surface area contributed by atoms with Gasteiger partial charge in [-0.1, -0.05) is 26.0 Å². The molecule has 0 spiro atoms. The zero-order valence-corrected chi connectivity index (χ0v) is 18.8. The molecule has 8 nitrogen and oxygen atoms in total. The number of aryl methyl sites for hydroxylation is 2.